The molecule has 5 nitrogen and oxygen atoms in total. The summed E-state index contributed by atoms with van der Waals surface area (Å²) in [5, 5.41) is 8.36. The predicted octanol–water partition coefficient (Wildman–Crippen LogP) is 2.60. The molecule has 0 aliphatic heterocycles. The SMILES string of the molecule is c1cnn(CCCOc2ccc(Cn3cccn3)cc2)c1. The molecule has 0 saturated carbocycles. The van der Waals surface area contributed by atoms with E-state index in [1.165, 1.54) is 5.56 Å². The summed E-state index contributed by atoms with van der Waals surface area (Å²) in [6.45, 7) is 2.36. The minimum absolute atomic E-state index is 0.693. The smallest absolute Gasteiger partial charge is 0.119 e. The van der Waals surface area contributed by atoms with E-state index >= 15 is 0 Å². The molecule has 0 spiro atoms. The van der Waals surface area contributed by atoms with Crippen molar-refractivity contribution in [1.29, 1.82) is 0 Å². The van der Waals surface area contributed by atoms with Gasteiger partial charge in [-0.1, -0.05) is 12.1 Å². The van der Waals surface area contributed by atoms with Crippen molar-refractivity contribution >= 4 is 0 Å². The Hall–Kier alpha value is -2.56. The highest BCUT2D eigenvalue weighted by Gasteiger charge is 1.98. The Bertz CT molecular complexity index is 629. The Morgan fingerprint density at radius 1 is 0.905 bits per heavy atom. The van der Waals surface area contributed by atoms with Crippen molar-refractivity contribution < 1.29 is 4.74 Å². The molecule has 3 rings (SSSR count). The van der Waals surface area contributed by atoms with Gasteiger partial charge in [0.2, 0.25) is 0 Å². The van der Waals surface area contributed by atoms with Crippen LogP contribution in [0.15, 0.2) is 61.2 Å². The van der Waals surface area contributed by atoms with Crippen LogP contribution in [0.2, 0.25) is 0 Å². The quantitative estimate of drug-likeness (QED) is 0.626. The van der Waals surface area contributed by atoms with Crippen molar-refractivity contribution in [3.8, 4) is 5.75 Å². The lowest BCUT2D eigenvalue weighted by Crippen LogP contribution is -2.05. The molecule has 1 aromatic carbocycles. The predicted molar refractivity (Wildman–Crippen MR) is 80.1 cm³/mol. The third-order valence-corrected chi connectivity index (χ3v) is 3.19. The van der Waals surface area contributed by atoms with Gasteiger partial charge in [-0.15, -0.1) is 0 Å². The first-order chi connectivity index (χ1) is 10.4. The second kappa shape index (κ2) is 6.74. The molecular formula is C16H18N4O. The van der Waals surface area contributed by atoms with E-state index < -0.39 is 0 Å². The summed E-state index contributed by atoms with van der Waals surface area (Å²) in [5.74, 6) is 0.902. The van der Waals surface area contributed by atoms with E-state index in [9.17, 15) is 0 Å². The number of hydrogen-bond acceptors (Lipinski definition) is 3. The Labute approximate surface area is 123 Å². The molecule has 0 unspecified atom stereocenters. The van der Waals surface area contributed by atoms with Gasteiger partial charge < -0.3 is 4.74 Å². The summed E-state index contributed by atoms with van der Waals surface area (Å²) in [5.41, 5.74) is 1.21. The highest BCUT2D eigenvalue weighted by Crippen LogP contribution is 2.13. The zero-order valence-electron chi connectivity index (χ0n) is 11.8. The molecule has 0 aliphatic rings. The second-order valence-electron chi connectivity index (χ2n) is 4.82. The maximum atomic E-state index is 5.73. The first-order valence-corrected chi connectivity index (χ1v) is 7.07. The third-order valence-electron chi connectivity index (χ3n) is 3.19. The topological polar surface area (TPSA) is 44.9 Å². The minimum atomic E-state index is 0.693. The van der Waals surface area contributed by atoms with Gasteiger partial charge in [0.05, 0.1) is 13.2 Å². The molecule has 0 N–H and O–H groups in total. The molecule has 0 bridgehead atoms. The van der Waals surface area contributed by atoms with Gasteiger partial charge in [0.25, 0.3) is 0 Å². The van der Waals surface area contributed by atoms with Gasteiger partial charge >= 0.3 is 0 Å². The van der Waals surface area contributed by atoms with Crippen molar-refractivity contribution in [3.63, 3.8) is 0 Å². The van der Waals surface area contributed by atoms with Gasteiger partial charge in [0, 0.05) is 37.8 Å². The molecule has 2 aromatic heterocycles. The van der Waals surface area contributed by atoms with Gasteiger partial charge in [-0.05, 0) is 29.8 Å². The highest BCUT2D eigenvalue weighted by atomic mass is 16.5. The van der Waals surface area contributed by atoms with Crippen LogP contribution >= 0.6 is 0 Å². The third kappa shape index (κ3) is 3.95. The van der Waals surface area contributed by atoms with Gasteiger partial charge in [-0.2, -0.15) is 10.2 Å². The lowest BCUT2D eigenvalue weighted by Gasteiger charge is -2.07. The average molecular weight is 282 g/mol. The standard InChI is InChI=1S/C16H18N4O/c1-8-17-19(10-1)12-3-13-21-16-6-4-15(5-7-16)14-20-11-2-9-18-20/h1-2,4-11H,3,12-14H2. The van der Waals surface area contributed by atoms with Crippen LogP contribution in [0.4, 0.5) is 0 Å². The molecule has 108 valence electrons. The number of ether oxygens (including phenoxy) is 1. The maximum absolute atomic E-state index is 5.73. The van der Waals surface area contributed by atoms with Gasteiger partial charge in [-0.3, -0.25) is 9.36 Å². The van der Waals surface area contributed by atoms with E-state index in [0.717, 1.165) is 25.3 Å². The first kappa shape index (κ1) is 13.4. The summed E-state index contributed by atoms with van der Waals surface area (Å²) in [7, 11) is 0. The average Bonchev–Trinajstić information content (AvgIpc) is 3.19. The van der Waals surface area contributed by atoms with E-state index in [0.29, 0.717) is 6.61 Å². The number of nitrogens with zero attached hydrogens (tertiary/aromatic N) is 4. The van der Waals surface area contributed by atoms with Crippen LogP contribution in [-0.2, 0) is 13.1 Å². The highest BCUT2D eigenvalue weighted by molar-refractivity contribution is 5.27. The molecule has 5 heteroatoms. The fourth-order valence-corrected chi connectivity index (χ4v) is 2.12. The van der Waals surface area contributed by atoms with E-state index in [4.69, 9.17) is 4.74 Å². The molecule has 0 saturated heterocycles. The molecule has 0 aliphatic carbocycles. The van der Waals surface area contributed by atoms with E-state index in [1.54, 1.807) is 12.4 Å². The van der Waals surface area contributed by atoms with Crippen LogP contribution in [0.25, 0.3) is 0 Å². The Morgan fingerprint density at radius 2 is 1.62 bits per heavy atom. The van der Waals surface area contributed by atoms with Gasteiger partial charge in [0.15, 0.2) is 0 Å². The van der Waals surface area contributed by atoms with E-state index in [1.807, 2.05) is 46.0 Å². The van der Waals surface area contributed by atoms with Crippen LogP contribution in [-0.4, -0.2) is 26.2 Å². The number of aryl methyl sites for hydroxylation is 1. The lowest BCUT2D eigenvalue weighted by atomic mass is 10.2. The molecular weight excluding hydrogens is 264 g/mol. The number of hydrogen-bond donors (Lipinski definition) is 0. The zero-order chi connectivity index (χ0) is 14.3. The van der Waals surface area contributed by atoms with Crippen molar-refractivity contribution in [1.82, 2.24) is 19.6 Å². The van der Waals surface area contributed by atoms with Crippen LogP contribution in [0.3, 0.4) is 0 Å². The van der Waals surface area contributed by atoms with Crippen LogP contribution in [0.5, 0.6) is 5.75 Å². The lowest BCUT2D eigenvalue weighted by molar-refractivity contribution is 0.298. The minimum Gasteiger partial charge on any atom is -0.494 e. The molecule has 21 heavy (non-hydrogen) atoms. The van der Waals surface area contributed by atoms with Crippen LogP contribution in [0, 0.1) is 0 Å². The van der Waals surface area contributed by atoms with Crippen molar-refractivity contribution in [3.05, 3.63) is 66.7 Å². The fraction of sp³-hybridized carbons (Fsp3) is 0.250. The van der Waals surface area contributed by atoms with Crippen LogP contribution in [0.1, 0.15) is 12.0 Å². The summed E-state index contributed by atoms with van der Waals surface area (Å²) < 4.78 is 9.55. The first-order valence-electron chi connectivity index (χ1n) is 7.07. The van der Waals surface area contributed by atoms with Crippen molar-refractivity contribution in [2.75, 3.05) is 6.61 Å². The summed E-state index contributed by atoms with van der Waals surface area (Å²) in [6, 6.07) is 12.0. The number of benzene rings is 1. The molecule has 0 atom stereocenters. The Balaban J connectivity index is 1.43. The molecule has 3 aromatic rings. The monoisotopic (exact) mass is 282 g/mol. The maximum Gasteiger partial charge on any atom is 0.119 e. The summed E-state index contributed by atoms with van der Waals surface area (Å²) in [6.07, 6.45) is 8.44. The fourth-order valence-electron chi connectivity index (χ4n) is 2.12. The van der Waals surface area contributed by atoms with Gasteiger partial charge in [0.1, 0.15) is 5.75 Å². The molecule has 0 radical (unpaired) electrons. The number of aromatic nitrogens is 4. The van der Waals surface area contributed by atoms with E-state index in [-0.39, 0.29) is 0 Å². The summed E-state index contributed by atoms with van der Waals surface area (Å²) in [4.78, 5) is 0. The Kier molecular flexibility index (Phi) is 4.31. The second-order valence-corrected chi connectivity index (χ2v) is 4.82. The van der Waals surface area contributed by atoms with Gasteiger partial charge in [-0.25, -0.2) is 0 Å². The molecule has 0 amide bonds. The van der Waals surface area contributed by atoms with Crippen molar-refractivity contribution in [2.24, 2.45) is 0 Å². The van der Waals surface area contributed by atoms with Crippen LogP contribution < -0.4 is 4.74 Å². The Morgan fingerprint density at radius 3 is 2.29 bits per heavy atom. The van der Waals surface area contributed by atoms with E-state index in [2.05, 4.69) is 22.3 Å². The largest absolute Gasteiger partial charge is 0.494 e. The normalized spacial score (nSPS) is 10.7. The number of rotatable bonds is 7. The molecule has 0 fully saturated rings. The summed E-state index contributed by atoms with van der Waals surface area (Å²) >= 11 is 0. The van der Waals surface area contributed by atoms with Crippen molar-refractivity contribution in [2.45, 2.75) is 19.5 Å². The zero-order valence-corrected chi connectivity index (χ0v) is 11.8. The molecule has 2 heterocycles.